The second kappa shape index (κ2) is 3.61. The van der Waals surface area contributed by atoms with E-state index in [-0.39, 0.29) is 0 Å². The maximum absolute atomic E-state index is 5.95. The molecule has 4 heteroatoms. The van der Waals surface area contributed by atoms with Crippen LogP contribution in [0.4, 0.5) is 5.82 Å². The molecule has 1 unspecified atom stereocenters. The fourth-order valence-corrected chi connectivity index (χ4v) is 2.11. The van der Waals surface area contributed by atoms with Crippen LogP contribution in [-0.4, -0.2) is 28.9 Å². The molecule has 0 amide bonds. The van der Waals surface area contributed by atoms with Crippen LogP contribution in [0.2, 0.25) is 0 Å². The van der Waals surface area contributed by atoms with Crippen molar-refractivity contribution in [1.29, 1.82) is 0 Å². The van der Waals surface area contributed by atoms with Crippen molar-refractivity contribution in [2.45, 2.75) is 25.8 Å². The Balaban J connectivity index is 2.17. The molecule has 0 spiro atoms. The van der Waals surface area contributed by atoms with E-state index in [9.17, 15) is 0 Å². The summed E-state index contributed by atoms with van der Waals surface area (Å²) in [6.45, 7) is 4.08. The lowest BCUT2D eigenvalue weighted by Crippen LogP contribution is -2.43. The lowest BCUT2D eigenvalue weighted by molar-refractivity contribution is 0.497. The molecule has 2 rings (SSSR count). The first-order valence-corrected chi connectivity index (χ1v) is 5.18. The zero-order chi connectivity index (χ0) is 10.1. The zero-order valence-corrected chi connectivity index (χ0v) is 8.90. The van der Waals surface area contributed by atoms with E-state index in [2.05, 4.69) is 16.1 Å². The van der Waals surface area contributed by atoms with Gasteiger partial charge in [-0.2, -0.15) is 5.10 Å². The number of hydrogen-bond donors (Lipinski definition) is 1. The normalized spacial score (nSPS) is 22.8. The summed E-state index contributed by atoms with van der Waals surface area (Å²) in [6, 6.07) is 2.44. The van der Waals surface area contributed by atoms with E-state index >= 15 is 0 Å². The molecule has 0 aromatic carbocycles. The summed E-state index contributed by atoms with van der Waals surface area (Å²) in [6.07, 6.45) is 2.33. The minimum Gasteiger partial charge on any atom is -0.355 e. The summed E-state index contributed by atoms with van der Waals surface area (Å²) in [7, 11) is 1.99. The molecule has 1 fully saturated rings. The van der Waals surface area contributed by atoms with Crippen LogP contribution in [0.15, 0.2) is 6.07 Å². The molecule has 78 valence electrons. The Labute approximate surface area is 84.7 Å². The quantitative estimate of drug-likeness (QED) is 0.714. The van der Waals surface area contributed by atoms with Crippen LogP contribution in [0.5, 0.6) is 0 Å². The average molecular weight is 194 g/mol. The van der Waals surface area contributed by atoms with E-state index in [4.69, 9.17) is 5.73 Å². The molecule has 2 heterocycles. The first-order valence-electron chi connectivity index (χ1n) is 5.18. The molecule has 0 radical (unpaired) electrons. The van der Waals surface area contributed by atoms with Gasteiger partial charge in [-0.05, 0) is 19.8 Å². The minimum atomic E-state index is 0.318. The van der Waals surface area contributed by atoms with Crippen LogP contribution < -0.4 is 10.6 Å². The summed E-state index contributed by atoms with van der Waals surface area (Å²) in [4.78, 5) is 2.33. The summed E-state index contributed by atoms with van der Waals surface area (Å²) in [5, 5.41) is 4.35. The van der Waals surface area contributed by atoms with E-state index in [1.807, 2.05) is 18.7 Å². The maximum Gasteiger partial charge on any atom is 0.126 e. The Bertz CT molecular complexity index is 318. The second-order valence-electron chi connectivity index (χ2n) is 4.12. The monoisotopic (exact) mass is 194 g/mol. The third-order valence-electron chi connectivity index (χ3n) is 2.76. The van der Waals surface area contributed by atoms with Gasteiger partial charge in [-0.1, -0.05) is 0 Å². The molecule has 0 bridgehead atoms. The Morgan fingerprint density at radius 1 is 1.57 bits per heavy atom. The van der Waals surface area contributed by atoms with E-state index in [1.165, 1.54) is 12.2 Å². The lowest BCUT2D eigenvalue weighted by atomic mass is 10.1. The summed E-state index contributed by atoms with van der Waals surface area (Å²) in [5.74, 6) is 1.19. The minimum absolute atomic E-state index is 0.318. The number of aryl methyl sites for hydroxylation is 2. The molecular weight excluding hydrogens is 176 g/mol. The van der Waals surface area contributed by atoms with Crippen LogP contribution in [0.1, 0.15) is 18.5 Å². The highest BCUT2D eigenvalue weighted by atomic mass is 15.4. The van der Waals surface area contributed by atoms with Gasteiger partial charge in [-0.25, -0.2) is 0 Å². The molecule has 1 aromatic heterocycles. The Kier molecular flexibility index (Phi) is 2.46. The predicted molar refractivity (Wildman–Crippen MR) is 57.4 cm³/mol. The van der Waals surface area contributed by atoms with Gasteiger partial charge in [0.25, 0.3) is 0 Å². The van der Waals surface area contributed by atoms with Crippen molar-refractivity contribution in [1.82, 2.24) is 9.78 Å². The molecule has 1 aliphatic rings. The smallest absolute Gasteiger partial charge is 0.126 e. The summed E-state index contributed by atoms with van der Waals surface area (Å²) < 4.78 is 1.94. The number of rotatable bonds is 1. The maximum atomic E-state index is 5.95. The Morgan fingerprint density at radius 3 is 2.93 bits per heavy atom. The van der Waals surface area contributed by atoms with Gasteiger partial charge in [0.15, 0.2) is 0 Å². The van der Waals surface area contributed by atoms with Gasteiger partial charge in [0, 0.05) is 32.2 Å². The standard InChI is InChI=1S/C10H18N4/c1-8-6-10(13(2)12-8)14-5-3-4-9(11)7-14/h6,9H,3-5,7,11H2,1-2H3. The first-order chi connectivity index (χ1) is 6.66. The number of aromatic nitrogens is 2. The number of hydrogen-bond acceptors (Lipinski definition) is 3. The number of nitrogens with zero attached hydrogens (tertiary/aromatic N) is 3. The number of piperidine rings is 1. The third kappa shape index (κ3) is 1.75. The van der Waals surface area contributed by atoms with Crippen LogP contribution in [0.25, 0.3) is 0 Å². The molecule has 0 saturated carbocycles. The summed E-state index contributed by atoms with van der Waals surface area (Å²) >= 11 is 0. The zero-order valence-electron chi connectivity index (χ0n) is 8.90. The molecule has 1 atom stereocenters. The predicted octanol–water partition coefficient (Wildman–Crippen LogP) is 0.656. The van der Waals surface area contributed by atoms with Gasteiger partial charge >= 0.3 is 0 Å². The van der Waals surface area contributed by atoms with Crippen LogP contribution in [0, 0.1) is 6.92 Å². The average Bonchev–Trinajstić information content (AvgIpc) is 2.45. The van der Waals surface area contributed by atoms with Crippen molar-refractivity contribution in [3.63, 3.8) is 0 Å². The third-order valence-corrected chi connectivity index (χ3v) is 2.76. The fourth-order valence-electron chi connectivity index (χ4n) is 2.11. The Morgan fingerprint density at radius 2 is 2.36 bits per heavy atom. The van der Waals surface area contributed by atoms with Crippen LogP contribution in [-0.2, 0) is 7.05 Å². The fraction of sp³-hybridized carbons (Fsp3) is 0.700. The molecule has 2 N–H and O–H groups in total. The van der Waals surface area contributed by atoms with Gasteiger partial charge in [0.2, 0.25) is 0 Å². The van der Waals surface area contributed by atoms with E-state index in [0.717, 1.165) is 25.2 Å². The van der Waals surface area contributed by atoms with Gasteiger partial charge in [0.1, 0.15) is 5.82 Å². The topological polar surface area (TPSA) is 47.1 Å². The highest BCUT2D eigenvalue weighted by Gasteiger charge is 2.19. The Hall–Kier alpha value is -1.03. The van der Waals surface area contributed by atoms with Gasteiger partial charge < -0.3 is 10.6 Å². The van der Waals surface area contributed by atoms with Gasteiger partial charge in [-0.15, -0.1) is 0 Å². The van der Waals surface area contributed by atoms with Crippen molar-refractivity contribution < 1.29 is 0 Å². The lowest BCUT2D eigenvalue weighted by Gasteiger charge is -2.32. The van der Waals surface area contributed by atoms with Crippen molar-refractivity contribution in [3.05, 3.63) is 11.8 Å². The van der Waals surface area contributed by atoms with Crippen molar-refractivity contribution in [2.75, 3.05) is 18.0 Å². The number of anilines is 1. The van der Waals surface area contributed by atoms with Crippen molar-refractivity contribution in [2.24, 2.45) is 12.8 Å². The van der Waals surface area contributed by atoms with E-state index in [1.54, 1.807) is 0 Å². The highest BCUT2D eigenvalue weighted by molar-refractivity contribution is 5.41. The first kappa shape index (κ1) is 9.52. The molecule has 0 aliphatic carbocycles. The van der Waals surface area contributed by atoms with E-state index in [0.29, 0.717) is 6.04 Å². The van der Waals surface area contributed by atoms with Gasteiger partial charge in [0.05, 0.1) is 5.69 Å². The molecule has 14 heavy (non-hydrogen) atoms. The van der Waals surface area contributed by atoms with Crippen molar-refractivity contribution >= 4 is 5.82 Å². The molecular formula is C10H18N4. The van der Waals surface area contributed by atoms with Crippen molar-refractivity contribution in [3.8, 4) is 0 Å². The highest BCUT2D eigenvalue weighted by Crippen LogP contribution is 2.19. The van der Waals surface area contributed by atoms with E-state index < -0.39 is 0 Å². The van der Waals surface area contributed by atoms with Crippen LogP contribution >= 0.6 is 0 Å². The summed E-state index contributed by atoms with van der Waals surface area (Å²) in [5.41, 5.74) is 7.02. The van der Waals surface area contributed by atoms with Crippen LogP contribution in [0.3, 0.4) is 0 Å². The molecule has 1 aliphatic heterocycles. The van der Waals surface area contributed by atoms with Gasteiger partial charge in [-0.3, -0.25) is 4.68 Å². The second-order valence-corrected chi connectivity index (χ2v) is 4.12. The number of nitrogens with two attached hydrogens (primary N) is 1. The molecule has 1 saturated heterocycles. The molecule has 4 nitrogen and oxygen atoms in total. The molecule has 1 aromatic rings. The largest absolute Gasteiger partial charge is 0.355 e. The SMILES string of the molecule is Cc1cc(N2CCCC(N)C2)n(C)n1.